The van der Waals surface area contributed by atoms with Crippen LogP contribution in [0.15, 0.2) is 47.8 Å². The molecule has 1 aliphatic heterocycles. The molecule has 2 heterocycles. The van der Waals surface area contributed by atoms with Gasteiger partial charge in [-0.15, -0.1) is 11.3 Å². The van der Waals surface area contributed by atoms with Crippen LogP contribution < -0.4 is 10.1 Å². The van der Waals surface area contributed by atoms with Gasteiger partial charge >= 0.3 is 0 Å². The van der Waals surface area contributed by atoms with Gasteiger partial charge < -0.3 is 10.1 Å². The van der Waals surface area contributed by atoms with Crippen molar-refractivity contribution in [3.05, 3.63) is 64.8 Å². The van der Waals surface area contributed by atoms with Gasteiger partial charge in [0.25, 0.3) is 0 Å². The molecule has 3 aromatic rings. The third kappa shape index (κ3) is 3.34. The smallest absolute Gasteiger partial charge is 0.124 e. The van der Waals surface area contributed by atoms with Crippen molar-refractivity contribution in [3.63, 3.8) is 0 Å². The number of halogens is 1. The van der Waals surface area contributed by atoms with Crippen molar-refractivity contribution in [2.75, 3.05) is 33.3 Å². The Labute approximate surface area is 157 Å². The summed E-state index contributed by atoms with van der Waals surface area (Å²) in [5, 5.41) is 6.92. The van der Waals surface area contributed by atoms with E-state index in [0.29, 0.717) is 0 Å². The van der Waals surface area contributed by atoms with Gasteiger partial charge in [0.15, 0.2) is 0 Å². The number of methoxy groups -OCH3 is 1. The van der Waals surface area contributed by atoms with E-state index in [-0.39, 0.29) is 11.9 Å². The minimum absolute atomic E-state index is 0.0169. The van der Waals surface area contributed by atoms with Crippen molar-refractivity contribution < 1.29 is 9.13 Å². The fourth-order valence-electron chi connectivity index (χ4n) is 3.81. The molecule has 0 radical (unpaired) electrons. The lowest BCUT2D eigenvalue weighted by atomic mass is 9.95. The van der Waals surface area contributed by atoms with Crippen LogP contribution in [0.4, 0.5) is 4.39 Å². The number of rotatable bonds is 4. The normalized spacial score (nSPS) is 17.2. The van der Waals surface area contributed by atoms with Gasteiger partial charge in [-0.1, -0.05) is 18.2 Å². The Balaban J connectivity index is 1.88. The fraction of sp³-hybridized carbons (Fsp3) is 0.333. The van der Waals surface area contributed by atoms with Crippen molar-refractivity contribution in [3.8, 4) is 5.75 Å². The van der Waals surface area contributed by atoms with Gasteiger partial charge in [-0.25, -0.2) is 4.39 Å². The second-order valence-electron chi connectivity index (χ2n) is 6.62. The fourth-order valence-corrected chi connectivity index (χ4v) is 4.79. The Morgan fingerprint density at radius 2 is 2.00 bits per heavy atom. The molecule has 1 saturated heterocycles. The average molecular weight is 370 g/mol. The summed E-state index contributed by atoms with van der Waals surface area (Å²) < 4.78 is 21.0. The number of fused-ring (bicyclic) bond motifs is 1. The number of hydrogen-bond acceptors (Lipinski definition) is 4. The van der Waals surface area contributed by atoms with Gasteiger partial charge in [0, 0.05) is 29.9 Å². The topological polar surface area (TPSA) is 24.5 Å². The highest BCUT2D eigenvalue weighted by molar-refractivity contribution is 7.17. The van der Waals surface area contributed by atoms with E-state index in [4.69, 9.17) is 4.74 Å². The number of ether oxygens (including phenoxy) is 1. The van der Waals surface area contributed by atoms with E-state index >= 15 is 0 Å². The number of nitrogens with zero attached hydrogens (tertiary/aromatic N) is 1. The Morgan fingerprint density at radius 1 is 1.12 bits per heavy atom. The van der Waals surface area contributed by atoms with E-state index in [1.54, 1.807) is 30.6 Å². The van der Waals surface area contributed by atoms with E-state index in [9.17, 15) is 4.39 Å². The third-order valence-electron chi connectivity index (χ3n) is 5.03. The van der Waals surface area contributed by atoms with Crippen LogP contribution in [0.3, 0.4) is 0 Å². The molecule has 1 unspecified atom stereocenters. The molecule has 1 N–H and O–H groups in total. The van der Waals surface area contributed by atoms with Crippen LogP contribution in [-0.2, 0) is 0 Å². The molecule has 2 aromatic carbocycles. The van der Waals surface area contributed by atoms with Crippen molar-refractivity contribution in [1.29, 1.82) is 0 Å². The summed E-state index contributed by atoms with van der Waals surface area (Å²) in [5.41, 5.74) is 2.13. The molecule has 0 saturated carbocycles. The van der Waals surface area contributed by atoms with Crippen LogP contribution in [0, 0.1) is 5.82 Å². The third-order valence-corrected chi connectivity index (χ3v) is 6.01. The van der Waals surface area contributed by atoms with Crippen LogP contribution >= 0.6 is 11.3 Å². The second-order valence-corrected chi connectivity index (χ2v) is 7.53. The van der Waals surface area contributed by atoms with Gasteiger partial charge in [0.05, 0.1) is 13.2 Å². The van der Waals surface area contributed by atoms with Crippen LogP contribution in [-0.4, -0.2) is 38.2 Å². The Bertz CT molecular complexity index is 887. The largest absolute Gasteiger partial charge is 0.496 e. The molecule has 0 amide bonds. The first-order valence-corrected chi connectivity index (χ1v) is 9.90. The first kappa shape index (κ1) is 17.5. The molecule has 1 fully saturated rings. The molecule has 1 atom stereocenters. The summed E-state index contributed by atoms with van der Waals surface area (Å²) in [6.45, 7) is 3.86. The van der Waals surface area contributed by atoms with E-state index in [2.05, 4.69) is 39.9 Å². The number of benzene rings is 2. The van der Waals surface area contributed by atoms with E-state index in [0.717, 1.165) is 43.9 Å². The first-order chi connectivity index (χ1) is 12.8. The van der Waals surface area contributed by atoms with Crippen molar-refractivity contribution in [2.45, 2.75) is 12.5 Å². The SMILES string of the molecule is COc1ccc(F)cc1C(c1csc2ccccc12)N1CCCNCC1. The lowest BCUT2D eigenvalue weighted by Gasteiger charge is -2.32. The number of thiophene rings is 1. The predicted octanol–water partition coefficient (Wildman–Crippen LogP) is 4.43. The van der Waals surface area contributed by atoms with E-state index < -0.39 is 0 Å². The van der Waals surface area contributed by atoms with Crippen molar-refractivity contribution in [1.82, 2.24) is 10.2 Å². The second kappa shape index (κ2) is 7.74. The molecule has 0 bridgehead atoms. The number of hydrogen-bond donors (Lipinski definition) is 1. The highest BCUT2D eigenvalue weighted by Gasteiger charge is 2.28. The lowest BCUT2D eigenvalue weighted by molar-refractivity contribution is 0.237. The van der Waals surface area contributed by atoms with Gasteiger partial charge in [-0.2, -0.15) is 0 Å². The summed E-state index contributed by atoms with van der Waals surface area (Å²) >= 11 is 1.75. The van der Waals surface area contributed by atoms with Gasteiger partial charge in [-0.3, -0.25) is 4.90 Å². The van der Waals surface area contributed by atoms with E-state index in [1.165, 1.54) is 21.7 Å². The Hall–Kier alpha value is -1.95. The maximum Gasteiger partial charge on any atom is 0.124 e. The lowest BCUT2D eigenvalue weighted by Crippen LogP contribution is -2.33. The van der Waals surface area contributed by atoms with Crippen molar-refractivity contribution in [2.24, 2.45) is 0 Å². The number of nitrogens with one attached hydrogen (secondary N) is 1. The highest BCUT2D eigenvalue weighted by atomic mass is 32.1. The quantitative estimate of drug-likeness (QED) is 0.735. The molecular weight excluding hydrogens is 347 g/mol. The molecule has 136 valence electrons. The zero-order valence-electron chi connectivity index (χ0n) is 14.9. The molecule has 0 spiro atoms. The van der Waals surface area contributed by atoms with Crippen LogP contribution in [0.25, 0.3) is 10.1 Å². The summed E-state index contributed by atoms with van der Waals surface area (Å²) in [6.07, 6.45) is 1.08. The summed E-state index contributed by atoms with van der Waals surface area (Å²) in [4.78, 5) is 2.45. The molecular formula is C21H23FN2OS. The summed E-state index contributed by atoms with van der Waals surface area (Å²) in [7, 11) is 1.66. The van der Waals surface area contributed by atoms with E-state index in [1.807, 2.05) is 0 Å². The van der Waals surface area contributed by atoms with Crippen LogP contribution in [0.1, 0.15) is 23.6 Å². The zero-order chi connectivity index (χ0) is 17.9. The molecule has 1 aromatic heterocycles. The molecule has 3 nitrogen and oxygen atoms in total. The minimum Gasteiger partial charge on any atom is -0.496 e. The average Bonchev–Trinajstić information content (AvgIpc) is 2.89. The Kier molecular flexibility index (Phi) is 5.20. The van der Waals surface area contributed by atoms with Gasteiger partial charge in [0.1, 0.15) is 11.6 Å². The first-order valence-electron chi connectivity index (χ1n) is 9.02. The maximum absolute atomic E-state index is 14.2. The predicted molar refractivity (Wildman–Crippen MR) is 106 cm³/mol. The molecule has 4 rings (SSSR count). The van der Waals surface area contributed by atoms with Crippen LogP contribution in [0.5, 0.6) is 5.75 Å². The van der Waals surface area contributed by atoms with Gasteiger partial charge in [-0.05, 0) is 53.6 Å². The summed E-state index contributed by atoms with van der Waals surface area (Å²) in [5.74, 6) is 0.516. The zero-order valence-corrected chi connectivity index (χ0v) is 15.7. The maximum atomic E-state index is 14.2. The molecule has 1 aliphatic rings. The standard InChI is InChI=1S/C21H23FN2OS/c1-25-19-8-7-15(22)13-17(19)21(24-11-4-9-23-10-12-24)18-14-26-20-6-3-2-5-16(18)20/h2-3,5-8,13-14,21,23H,4,9-12H2,1H3. The highest BCUT2D eigenvalue weighted by Crippen LogP contribution is 2.40. The molecule has 0 aliphatic carbocycles. The van der Waals surface area contributed by atoms with Crippen LogP contribution in [0.2, 0.25) is 0 Å². The molecule has 26 heavy (non-hydrogen) atoms. The Morgan fingerprint density at radius 3 is 2.88 bits per heavy atom. The molecule has 5 heteroatoms. The van der Waals surface area contributed by atoms with Crippen molar-refractivity contribution >= 4 is 21.4 Å². The monoisotopic (exact) mass is 370 g/mol. The van der Waals surface area contributed by atoms with Gasteiger partial charge in [0.2, 0.25) is 0 Å². The summed E-state index contributed by atoms with van der Waals surface area (Å²) in [6, 6.07) is 13.3. The minimum atomic E-state index is -0.224.